The van der Waals surface area contributed by atoms with E-state index in [-0.39, 0.29) is 12.1 Å². The molecular formula is C19H30N4O3. The molecule has 0 saturated carbocycles. The standard InChI is InChI=1S/C19H30N4O3/c1-15(2)26-18-16(5-3-7-20-18)13-21-19(24)23-10-8-22(9-11-23)14-17-6-4-12-25-17/h3,5,7,15,17H,4,6,8-14H2,1-2H3,(H,21,24). The Balaban J connectivity index is 1.43. The van der Waals surface area contributed by atoms with Crippen molar-refractivity contribution in [2.75, 3.05) is 39.3 Å². The molecule has 144 valence electrons. The van der Waals surface area contributed by atoms with E-state index in [1.54, 1.807) is 6.20 Å². The first kappa shape index (κ1) is 18.9. The van der Waals surface area contributed by atoms with Crippen molar-refractivity contribution in [2.45, 2.75) is 45.4 Å². The van der Waals surface area contributed by atoms with Crippen LogP contribution in [-0.4, -0.2) is 72.4 Å². The van der Waals surface area contributed by atoms with Crippen LogP contribution in [-0.2, 0) is 11.3 Å². The lowest BCUT2D eigenvalue weighted by Gasteiger charge is -2.35. The second kappa shape index (κ2) is 9.19. The topological polar surface area (TPSA) is 66.9 Å². The van der Waals surface area contributed by atoms with E-state index in [1.807, 2.05) is 30.9 Å². The predicted octanol–water partition coefficient (Wildman–Crippen LogP) is 1.87. The number of nitrogens with zero attached hydrogens (tertiary/aromatic N) is 3. The van der Waals surface area contributed by atoms with Crippen LogP contribution in [0.5, 0.6) is 5.88 Å². The summed E-state index contributed by atoms with van der Waals surface area (Å²) in [4.78, 5) is 21.0. The number of rotatable bonds is 6. The minimum Gasteiger partial charge on any atom is -0.475 e. The van der Waals surface area contributed by atoms with E-state index in [1.165, 1.54) is 6.42 Å². The van der Waals surface area contributed by atoms with Gasteiger partial charge in [-0.2, -0.15) is 0 Å². The van der Waals surface area contributed by atoms with E-state index >= 15 is 0 Å². The van der Waals surface area contributed by atoms with E-state index < -0.39 is 0 Å². The maximum absolute atomic E-state index is 12.5. The molecule has 1 aromatic heterocycles. The molecule has 0 spiro atoms. The van der Waals surface area contributed by atoms with Crippen LogP contribution in [0.3, 0.4) is 0 Å². The Labute approximate surface area is 155 Å². The number of amides is 2. The van der Waals surface area contributed by atoms with Gasteiger partial charge in [0.25, 0.3) is 0 Å². The van der Waals surface area contributed by atoms with E-state index in [2.05, 4.69) is 15.2 Å². The van der Waals surface area contributed by atoms with Crippen LogP contribution in [0.15, 0.2) is 18.3 Å². The molecule has 3 rings (SSSR count). The molecule has 7 heteroatoms. The van der Waals surface area contributed by atoms with E-state index in [0.29, 0.717) is 18.5 Å². The lowest BCUT2D eigenvalue weighted by atomic mass is 10.2. The number of pyridine rings is 1. The fourth-order valence-corrected chi connectivity index (χ4v) is 3.38. The summed E-state index contributed by atoms with van der Waals surface area (Å²) in [6.07, 6.45) is 4.46. The lowest BCUT2D eigenvalue weighted by molar-refractivity contribution is 0.0561. The first-order valence-corrected chi connectivity index (χ1v) is 9.59. The Morgan fingerprint density at radius 2 is 2.19 bits per heavy atom. The van der Waals surface area contributed by atoms with Gasteiger partial charge in [0.1, 0.15) is 0 Å². The van der Waals surface area contributed by atoms with Crippen molar-refractivity contribution in [1.29, 1.82) is 0 Å². The van der Waals surface area contributed by atoms with Gasteiger partial charge in [0.05, 0.1) is 12.2 Å². The van der Waals surface area contributed by atoms with Crippen molar-refractivity contribution in [3.8, 4) is 5.88 Å². The summed E-state index contributed by atoms with van der Waals surface area (Å²) in [5.74, 6) is 0.587. The average molecular weight is 362 g/mol. The Hall–Kier alpha value is -1.86. The van der Waals surface area contributed by atoms with Crippen LogP contribution in [0, 0.1) is 0 Å². The van der Waals surface area contributed by atoms with E-state index in [4.69, 9.17) is 9.47 Å². The van der Waals surface area contributed by atoms with Gasteiger partial charge < -0.3 is 19.7 Å². The summed E-state index contributed by atoms with van der Waals surface area (Å²) in [6.45, 7) is 9.54. The smallest absolute Gasteiger partial charge is 0.317 e. The zero-order valence-corrected chi connectivity index (χ0v) is 15.8. The highest BCUT2D eigenvalue weighted by molar-refractivity contribution is 5.74. The minimum atomic E-state index is -0.0267. The van der Waals surface area contributed by atoms with Gasteiger partial charge in [-0.3, -0.25) is 4.90 Å². The summed E-state index contributed by atoms with van der Waals surface area (Å²) in [5, 5.41) is 2.99. The van der Waals surface area contributed by atoms with Gasteiger partial charge in [-0.15, -0.1) is 0 Å². The molecule has 1 atom stereocenters. The van der Waals surface area contributed by atoms with E-state index in [0.717, 1.165) is 51.3 Å². The lowest BCUT2D eigenvalue weighted by Crippen LogP contribution is -2.52. The van der Waals surface area contributed by atoms with Gasteiger partial charge in [-0.05, 0) is 32.8 Å². The molecular weight excluding hydrogens is 332 g/mol. The number of carbonyl (C=O) groups is 1. The van der Waals surface area contributed by atoms with Gasteiger partial charge >= 0.3 is 6.03 Å². The SMILES string of the molecule is CC(C)Oc1ncccc1CNC(=O)N1CCN(CC2CCCO2)CC1. The Morgan fingerprint density at radius 3 is 2.88 bits per heavy atom. The summed E-state index contributed by atoms with van der Waals surface area (Å²) < 4.78 is 11.4. The second-order valence-corrected chi connectivity index (χ2v) is 7.22. The molecule has 2 aliphatic rings. The predicted molar refractivity (Wildman–Crippen MR) is 99.2 cm³/mol. The summed E-state index contributed by atoms with van der Waals surface area (Å²) in [5.41, 5.74) is 0.895. The number of aromatic nitrogens is 1. The molecule has 0 aliphatic carbocycles. The van der Waals surface area contributed by atoms with Crippen molar-refractivity contribution in [2.24, 2.45) is 0 Å². The number of ether oxygens (including phenoxy) is 2. The number of hydrogen-bond donors (Lipinski definition) is 1. The van der Waals surface area contributed by atoms with Crippen LogP contribution >= 0.6 is 0 Å². The van der Waals surface area contributed by atoms with Gasteiger partial charge in [-0.25, -0.2) is 9.78 Å². The second-order valence-electron chi connectivity index (χ2n) is 7.22. The zero-order chi connectivity index (χ0) is 18.4. The highest BCUT2D eigenvalue weighted by atomic mass is 16.5. The largest absolute Gasteiger partial charge is 0.475 e. The monoisotopic (exact) mass is 362 g/mol. The third-order valence-corrected chi connectivity index (χ3v) is 4.77. The molecule has 0 bridgehead atoms. The third-order valence-electron chi connectivity index (χ3n) is 4.77. The molecule has 2 fully saturated rings. The first-order chi connectivity index (χ1) is 12.6. The van der Waals surface area contributed by atoms with Crippen LogP contribution < -0.4 is 10.1 Å². The normalized spacial score (nSPS) is 21.2. The summed E-state index contributed by atoms with van der Waals surface area (Å²) in [7, 11) is 0. The Morgan fingerprint density at radius 1 is 1.38 bits per heavy atom. The fourth-order valence-electron chi connectivity index (χ4n) is 3.38. The maximum atomic E-state index is 12.5. The maximum Gasteiger partial charge on any atom is 0.317 e. The van der Waals surface area contributed by atoms with E-state index in [9.17, 15) is 4.79 Å². The molecule has 0 radical (unpaired) electrons. The van der Waals surface area contributed by atoms with Crippen molar-refractivity contribution < 1.29 is 14.3 Å². The van der Waals surface area contributed by atoms with Gasteiger partial charge in [-0.1, -0.05) is 6.07 Å². The first-order valence-electron chi connectivity index (χ1n) is 9.59. The fraction of sp³-hybridized carbons (Fsp3) is 0.684. The highest BCUT2D eigenvalue weighted by Gasteiger charge is 2.24. The Kier molecular flexibility index (Phi) is 6.68. The van der Waals surface area contributed by atoms with Crippen LogP contribution in [0.4, 0.5) is 4.79 Å². The Bertz CT molecular complexity index is 582. The number of nitrogens with one attached hydrogen (secondary N) is 1. The molecule has 1 aromatic rings. The third kappa shape index (κ3) is 5.32. The van der Waals surface area contributed by atoms with Crippen molar-refractivity contribution in [3.63, 3.8) is 0 Å². The molecule has 2 saturated heterocycles. The van der Waals surface area contributed by atoms with Crippen LogP contribution in [0.2, 0.25) is 0 Å². The molecule has 26 heavy (non-hydrogen) atoms. The minimum absolute atomic E-state index is 0.0267. The summed E-state index contributed by atoms with van der Waals surface area (Å²) in [6, 6.07) is 3.77. The van der Waals surface area contributed by atoms with Gasteiger partial charge in [0.2, 0.25) is 5.88 Å². The van der Waals surface area contributed by atoms with Crippen molar-refractivity contribution >= 4 is 6.03 Å². The number of urea groups is 1. The van der Waals surface area contributed by atoms with Crippen molar-refractivity contribution in [1.82, 2.24) is 20.1 Å². The molecule has 0 aromatic carbocycles. The number of piperazine rings is 1. The van der Waals surface area contributed by atoms with Crippen LogP contribution in [0.1, 0.15) is 32.3 Å². The van der Waals surface area contributed by atoms with Gasteiger partial charge in [0.15, 0.2) is 0 Å². The molecule has 2 amide bonds. The average Bonchev–Trinajstić information content (AvgIpc) is 3.14. The van der Waals surface area contributed by atoms with Crippen LogP contribution in [0.25, 0.3) is 0 Å². The quantitative estimate of drug-likeness (QED) is 0.837. The summed E-state index contributed by atoms with van der Waals surface area (Å²) >= 11 is 0. The zero-order valence-electron chi connectivity index (χ0n) is 15.8. The molecule has 3 heterocycles. The van der Waals surface area contributed by atoms with Gasteiger partial charge in [0, 0.05) is 57.6 Å². The number of carbonyl (C=O) groups excluding carboxylic acids is 1. The number of hydrogen-bond acceptors (Lipinski definition) is 5. The molecule has 1 N–H and O–H groups in total. The molecule has 7 nitrogen and oxygen atoms in total. The highest BCUT2D eigenvalue weighted by Crippen LogP contribution is 2.16. The molecule has 1 unspecified atom stereocenters. The van der Waals surface area contributed by atoms with Crippen molar-refractivity contribution in [3.05, 3.63) is 23.9 Å². The molecule has 2 aliphatic heterocycles.